The summed E-state index contributed by atoms with van der Waals surface area (Å²) in [5, 5.41) is 5.23. The van der Waals surface area contributed by atoms with Gasteiger partial charge in [0.25, 0.3) is 0 Å². The van der Waals surface area contributed by atoms with Gasteiger partial charge in [0.15, 0.2) is 0 Å². The Labute approximate surface area is 182 Å². The number of benzene rings is 2. The first-order valence-corrected chi connectivity index (χ1v) is 11.8. The van der Waals surface area contributed by atoms with Crippen molar-refractivity contribution in [3.05, 3.63) is 47.5 Å². The molecule has 31 heavy (non-hydrogen) atoms. The van der Waals surface area contributed by atoms with E-state index in [-0.39, 0.29) is 23.4 Å². The Hall–Kier alpha value is -2.62. The summed E-state index contributed by atoms with van der Waals surface area (Å²) in [5.74, 6) is 1.49. The van der Waals surface area contributed by atoms with E-state index in [1.807, 2.05) is 18.2 Å². The molecule has 1 unspecified atom stereocenters. The summed E-state index contributed by atoms with van der Waals surface area (Å²) in [6.45, 7) is 1.65. The summed E-state index contributed by atoms with van der Waals surface area (Å²) in [6.07, 6.45) is 2.56. The molecule has 1 saturated heterocycles. The van der Waals surface area contributed by atoms with Gasteiger partial charge in [0.2, 0.25) is 15.9 Å². The second-order valence-electron chi connectivity index (χ2n) is 7.87. The van der Waals surface area contributed by atoms with Crippen LogP contribution in [-0.4, -0.2) is 53.1 Å². The standard InChI is InChI=1S/C22H27N3O5S/c1-29-16-5-7-18(21(13-16)30-2)20-4-3-10-24(20)14-22(26)25-11-9-15-12-17(31(23,27)28)6-8-19(15)25/h5-8,12-13,20H,3-4,9-11,14H2,1-2H3,(H2,23,27,28). The molecule has 2 aliphatic heterocycles. The number of nitrogens with two attached hydrogens (primary N) is 1. The van der Waals surface area contributed by atoms with Gasteiger partial charge >= 0.3 is 0 Å². The Balaban J connectivity index is 1.52. The van der Waals surface area contributed by atoms with Gasteiger partial charge in [-0.15, -0.1) is 0 Å². The predicted molar refractivity (Wildman–Crippen MR) is 117 cm³/mol. The minimum atomic E-state index is -3.76. The second kappa shape index (κ2) is 8.49. The second-order valence-corrected chi connectivity index (χ2v) is 9.43. The fourth-order valence-corrected chi connectivity index (χ4v) is 5.10. The number of hydrogen-bond acceptors (Lipinski definition) is 6. The Morgan fingerprint density at radius 2 is 1.94 bits per heavy atom. The minimum Gasteiger partial charge on any atom is -0.497 e. The first kappa shape index (κ1) is 21.6. The summed E-state index contributed by atoms with van der Waals surface area (Å²) in [6, 6.07) is 10.6. The average Bonchev–Trinajstić information content (AvgIpc) is 3.38. The number of methoxy groups -OCH3 is 2. The number of primary sulfonamides is 1. The van der Waals surface area contributed by atoms with Crippen LogP contribution >= 0.6 is 0 Å². The lowest BCUT2D eigenvalue weighted by Gasteiger charge is -2.28. The van der Waals surface area contributed by atoms with E-state index in [4.69, 9.17) is 14.6 Å². The van der Waals surface area contributed by atoms with Gasteiger partial charge in [-0.2, -0.15) is 0 Å². The van der Waals surface area contributed by atoms with E-state index in [0.717, 1.165) is 47.7 Å². The molecule has 4 rings (SSSR count). The highest BCUT2D eigenvalue weighted by Crippen LogP contribution is 2.39. The molecule has 8 nitrogen and oxygen atoms in total. The molecule has 1 amide bonds. The molecule has 9 heteroatoms. The lowest BCUT2D eigenvalue weighted by atomic mass is 10.0. The van der Waals surface area contributed by atoms with Crippen LogP contribution < -0.4 is 19.5 Å². The predicted octanol–water partition coefficient (Wildman–Crippen LogP) is 2.08. The van der Waals surface area contributed by atoms with E-state index in [9.17, 15) is 13.2 Å². The van der Waals surface area contributed by atoms with E-state index in [1.54, 1.807) is 31.3 Å². The molecular weight excluding hydrogens is 418 g/mol. The number of amides is 1. The van der Waals surface area contributed by atoms with Crippen LogP contribution in [0.15, 0.2) is 41.3 Å². The molecule has 0 aromatic heterocycles. The molecule has 2 heterocycles. The van der Waals surface area contributed by atoms with Gasteiger partial charge in [0.1, 0.15) is 11.5 Å². The smallest absolute Gasteiger partial charge is 0.241 e. The van der Waals surface area contributed by atoms with E-state index in [1.165, 1.54) is 6.07 Å². The van der Waals surface area contributed by atoms with Gasteiger partial charge in [-0.3, -0.25) is 9.69 Å². The Morgan fingerprint density at radius 1 is 1.13 bits per heavy atom. The highest BCUT2D eigenvalue weighted by Gasteiger charge is 2.33. The Kier molecular flexibility index (Phi) is 5.92. The maximum atomic E-state index is 13.2. The van der Waals surface area contributed by atoms with E-state index < -0.39 is 10.0 Å². The number of nitrogens with zero attached hydrogens (tertiary/aromatic N) is 2. The van der Waals surface area contributed by atoms with Gasteiger partial charge in [0, 0.05) is 29.9 Å². The SMILES string of the molecule is COc1ccc(C2CCCN2CC(=O)N2CCc3cc(S(N)(=O)=O)ccc32)c(OC)c1. The van der Waals surface area contributed by atoms with Crippen molar-refractivity contribution in [2.75, 3.05) is 38.8 Å². The number of carbonyl (C=O) groups excluding carboxylic acids is 1. The zero-order chi connectivity index (χ0) is 22.2. The first-order valence-electron chi connectivity index (χ1n) is 10.2. The zero-order valence-corrected chi connectivity index (χ0v) is 18.5. The lowest BCUT2D eigenvalue weighted by Crippen LogP contribution is -2.39. The van der Waals surface area contributed by atoms with Gasteiger partial charge in [0.05, 0.1) is 25.7 Å². The molecule has 0 bridgehead atoms. The number of rotatable bonds is 6. The fourth-order valence-electron chi connectivity index (χ4n) is 4.53. The van der Waals surface area contributed by atoms with Crippen LogP contribution in [0, 0.1) is 0 Å². The quantitative estimate of drug-likeness (QED) is 0.730. The third-order valence-corrected chi connectivity index (χ3v) is 6.99. The van der Waals surface area contributed by atoms with Crippen molar-refractivity contribution >= 4 is 21.6 Å². The van der Waals surface area contributed by atoms with Crippen LogP contribution in [0.1, 0.15) is 30.0 Å². The molecule has 1 fully saturated rings. The lowest BCUT2D eigenvalue weighted by molar-refractivity contribution is -0.119. The largest absolute Gasteiger partial charge is 0.497 e. The normalized spacial score (nSPS) is 18.8. The van der Waals surface area contributed by atoms with Crippen LogP contribution in [0.2, 0.25) is 0 Å². The van der Waals surface area contributed by atoms with Crippen molar-refractivity contribution in [2.24, 2.45) is 5.14 Å². The number of hydrogen-bond donors (Lipinski definition) is 1. The highest BCUT2D eigenvalue weighted by atomic mass is 32.2. The molecule has 2 N–H and O–H groups in total. The fraction of sp³-hybridized carbons (Fsp3) is 0.409. The van der Waals surface area contributed by atoms with Crippen molar-refractivity contribution in [2.45, 2.75) is 30.2 Å². The molecule has 0 radical (unpaired) electrons. The third-order valence-electron chi connectivity index (χ3n) is 6.08. The molecule has 0 saturated carbocycles. The van der Waals surface area contributed by atoms with Crippen molar-refractivity contribution < 1.29 is 22.7 Å². The van der Waals surface area contributed by atoms with Gasteiger partial charge in [-0.25, -0.2) is 13.6 Å². The molecule has 166 valence electrons. The summed E-state index contributed by atoms with van der Waals surface area (Å²) in [5.41, 5.74) is 2.64. The number of fused-ring (bicyclic) bond motifs is 1. The maximum absolute atomic E-state index is 13.2. The minimum absolute atomic E-state index is 0.00137. The van der Waals surface area contributed by atoms with Crippen LogP contribution in [-0.2, 0) is 21.2 Å². The number of ether oxygens (including phenoxy) is 2. The molecule has 1 atom stereocenters. The summed E-state index contributed by atoms with van der Waals surface area (Å²) >= 11 is 0. The van der Waals surface area contributed by atoms with Crippen molar-refractivity contribution in [1.82, 2.24) is 4.90 Å². The average molecular weight is 446 g/mol. The molecule has 0 aliphatic carbocycles. The highest BCUT2D eigenvalue weighted by molar-refractivity contribution is 7.89. The van der Waals surface area contributed by atoms with Gasteiger partial charge in [-0.1, -0.05) is 6.07 Å². The molecule has 0 spiro atoms. The van der Waals surface area contributed by atoms with Crippen LogP contribution in [0.4, 0.5) is 5.69 Å². The summed E-state index contributed by atoms with van der Waals surface area (Å²) in [7, 11) is -0.504. The molecule has 2 aliphatic rings. The molecule has 2 aromatic carbocycles. The zero-order valence-electron chi connectivity index (χ0n) is 17.7. The van der Waals surface area contributed by atoms with Crippen LogP contribution in [0.3, 0.4) is 0 Å². The number of carbonyl (C=O) groups is 1. The maximum Gasteiger partial charge on any atom is 0.241 e. The first-order chi connectivity index (χ1) is 14.8. The monoisotopic (exact) mass is 445 g/mol. The van der Waals surface area contributed by atoms with E-state index >= 15 is 0 Å². The topological polar surface area (TPSA) is 102 Å². The Morgan fingerprint density at radius 3 is 2.65 bits per heavy atom. The van der Waals surface area contributed by atoms with E-state index in [2.05, 4.69) is 4.90 Å². The number of likely N-dealkylation sites (tertiary alicyclic amines) is 1. The summed E-state index contributed by atoms with van der Waals surface area (Å²) < 4.78 is 34.1. The van der Waals surface area contributed by atoms with Crippen molar-refractivity contribution in [3.8, 4) is 11.5 Å². The van der Waals surface area contributed by atoms with Gasteiger partial charge in [-0.05, 0) is 55.6 Å². The number of sulfonamides is 1. The van der Waals surface area contributed by atoms with Crippen molar-refractivity contribution in [1.29, 1.82) is 0 Å². The van der Waals surface area contributed by atoms with Crippen molar-refractivity contribution in [3.63, 3.8) is 0 Å². The van der Waals surface area contributed by atoms with Crippen LogP contribution in [0.25, 0.3) is 0 Å². The number of anilines is 1. The summed E-state index contributed by atoms with van der Waals surface area (Å²) in [4.78, 5) is 17.2. The molecular formula is C22H27N3O5S. The third kappa shape index (κ3) is 4.26. The van der Waals surface area contributed by atoms with Gasteiger partial charge < -0.3 is 14.4 Å². The molecule has 2 aromatic rings. The Bertz CT molecular complexity index is 1100. The van der Waals surface area contributed by atoms with E-state index in [0.29, 0.717) is 13.0 Å². The van der Waals surface area contributed by atoms with Crippen LogP contribution in [0.5, 0.6) is 11.5 Å².